The molecule has 2 heterocycles. The Labute approximate surface area is 135 Å². The van der Waals surface area contributed by atoms with Gasteiger partial charge in [0.15, 0.2) is 5.76 Å². The number of rotatable bonds is 3. The summed E-state index contributed by atoms with van der Waals surface area (Å²) in [4.78, 5) is 0.260. The van der Waals surface area contributed by atoms with Crippen LogP contribution in [0.1, 0.15) is 6.92 Å². The van der Waals surface area contributed by atoms with Crippen molar-refractivity contribution in [3.63, 3.8) is 0 Å². The van der Waals surface area contributed by atoms with Crippen LogP contribution in [0.3, 0.4) is 0 Å². The fourth-order valence-corrected chi connectivity index (χ4v) is 4.39. The van der Waals surface area contributed by atoms with E-state index in [2.05, 4.69) is 10.5 Å². The highest BCUT2D eigenvalue weighted by Crippen LogP contribution is 2.30. The van der Waals surface area contributed by atoms with Gasteiger partial charge in [-0.15, -0.1) is 12.4 Å². The summed E-state index contributed by atoms with van der Waals surface area (Å²) in [6, 6.07) is 8.45. The van der Waals surface area contributed by atoms with Crippen LogP contribution in [0, 0.1) is 0 Å². The number of hydrogen-bond acceptors (Lipinski definition) is 5. The molecule has 2 aromatic rings. The van der Waals surface area contributed by atoms with Crippen molar-refractivity contribution >= 4 is 22.4 Å². The second-order valence-electron chi connectivity index (χ2n) is 5.04. The normalized spacial score (nSPS) is 19.6. The molecule has 1 atom stereocenters. The third-order valence-corrected chi connectivity index (χ3v) is 5.69. The summed E-state index contributed by atoms with van der Waals surface area (Å²) in [7, 11) is -3.56. The number of halogens is 1. The van der Waals surface area contributed by atoms with E-state index in [4.69, 9.17) is 4.52 Å². The topological polar surface area (TPSA) is 75.4 Å². The van der Waals surface area contributed by atoms with Crippen LogP contribution in [0.15, 0.2) is 45.9 Å². The van der Waals surface area contributed by atoms with Gasteiger partial charge in [-0.25, -0.2) is 8.42 Å². The van der Waals surface area contributed by atoms with Gasteiger partial charge in [0.2, 0.25) is 10.0 Å². The van der Waals surface area contributed by atoms with E-state index in [1.165, 1.54) is 6.20 Å². The van der Waals surface area contributed by atoms with Crippen molar-refractivity contribution in [2.75, 3.05) is 19.6 Å². The number of hydrogen-bond donors (Lipinski definition) is 1. The van der Waals surface area contributed by atoms with Gasteiger partial charge in [0.05, 0.1) is 11.1 Å². The van der Waals surface area contributed by atoms with Gasteiger partial charge >= 0.3 is 0 Å². The molecule has 1 aromatic heterocycles. The lowest BCUT2D eigenvalue weighted by Crippen LogP contribution is -2.52. The summed E-state index contributed by atoms with van der Waals surface area (Å²) in [6.07, 6.45) is 1.51. The Bertz CT molecular complexity index is 719. The average Bonchev–Trinajstić information content (AvgIpc) is 3.01. The van der Waals surface area contributed by atoms with Crippen molar-refractivity contribution in [1.82, 2.24) is 14.8 Å². The Kier molecular flexibility index (Phi) is 5.23. The maximum Gasteiger partial charge on any atom is 0.244 e. The van der Waals surface area contributed by atoms with E-state index in [1.807, 2.05) is 6.92 Å². The van der Waals surface area contributed by atoms with Crippen molar-refractivity contribution in [3.8, 4) is 11.3 Å². The van der Waals surface area contributed by atoms with Crippen LogP contribution in [0.5, 0.6) is 0 Å². The number of nitrogens with one attached hydrogen (secondary N) is 1. The first-order valence-corrected chi connectivity index (χ1v) is 8.27. The second-order valence-corrected chi connectivity index (χ2v) is 6.90. The van der Waals surface area contributed by atoms with Crippen LogP contribution in [-0.2, 0) is 10.0 Å². The zero-order chi connectivity index (χ0) is 14.9. The molecular formula is C14H18ClN3O3S. The van der Waals surface area contributed by atoms with Gasteiger partial charge in [-0.05, 0) is 19.1 Å². The van der Waals surface area contributed by atoms with Crippen molar-refractivity contribution < 1.29 is 12.9 Å². The molecule has 6 nitrogen and oxygen atoms in total. The summed E-state index contributed by atoms with van der Waals surface area (Å²) in [6.45, 7) is 3.69. The highest BCUT2D eigenvalue weighted by molar-refractivity contribution is 7.89. The number of benzene rings is 1. The van der Waals surface area contributed by atoms with E-state index in [1.54, 1.807) is 34.6 Å². The first-order chi connectivity index (χ1) is 10.1. The molecule has 120 valence electrons. The van der Waals surface area contributed by atoms with Gasteiger partial charge in [-0.3, -0.25) is 0 Å². The molecule has 1 aromatic carbocycles. The summed E-state index contributed by atoms with van der Waals surface area (Å²) in [5.41, 5.74) is 0.542. The van der Waals surface area contributed by atoms with Crippen LogP contribution < -0.4 is 5.32 Å². The number of piperazine rings is 1. The highest BCUT2D eigenvalue weighted by Gasteiger charge is 2.33. The maximum atomic E-state index is 12.9. The fraction of sp³-hybridized carbons (Fsp3) is 0.357. The molecule has 0 bridgehead atoms. The Balaban J connectivity index is 0.00000176. The minimum absolute atomic E-state index is 0. The van der Waals surface area contributed by atoms with Crippen molar-refractivity contribution in [2.45, 2.75) is 17.9 Å². The quantitative estimate of drug-likeness (QED) is 0.918. The lowest BCUT2D eigenvalue weighted by molar-refractivity contribution is 0.284. The van der Waals surface area contributed by atoms with Gasteiger partial charge < -0.3 is 9.84 Å². The molecule has 1 saturated heterocycles. The molecule has 8 heteroatoms. The molecule has 1 aliphatic rings. The molecule has 1 fully saturated rings. The molecule has 22 heavy (non-hydrogen) atoms. The largest absolute Gasteiger partial charge is 0.356 e. The van der Waals surface area contributed by atoms with Gasteiger partial charge in [0.25, 0.3) is 0 Å². The first kappa shape index (κ1) is 17.0. The van der Waals surface area contributed by atoms with E-state index in [0.29, 0.717) is 31.0 Å². The monoisotopic (exact) mass is 343 g/mol. The third kappa shape index (κ3) is 3.03. The fourth-order valence-electron chi connectivity index (χ4n) is 2.56. The molecular weight excluding hydrogens is 326 g/mol. The summed E-state index contributed by atoms with van der Waals surface area (Å²) < 4.78 is 32.6. The Morgan fingerprint density at radius 1 is 1.32 bits per heavy atom. The van der Waals surface area contributed by atoms with E-state index in [9.17, 15) is 8.42 Å². The molecule has 3 rings (SSSR count). The van der Waals surface area contributed by atoms with Crippen LogP contribution in [0.2, 0.25) is 0 Å². The maximum absolute atomic E-state index is 12.9. The molecule has 0 saturated carbocycles. The molecule has 0 unspecified atom stereocenters. The molecule has 1 aliphatic heterocycles. The smallest absolute Gasteiger partial charge is 0.244 e. The SMILES string of the molecule is C[C@@H]1CNCCN1S(=O)(=O)c1ccccc1-c1ccno1.Cl. The van der Waals surface area contributed by atoms with Gasteiger partial charge in [0, 0.05) is 37.3 Å². The summed E-state index contributed by atoms with van der Waals surface area (Å²) in [5.74, 6) is 0.456. The third-order valence-electron chi connectivity index (χ3n) is 3.62. The van der Waals surface area contributed by atoms with Gasteiger partial charge in [-0.2, -0.15) is 4.31 Å². The van der Waals surface area contributed by atoms with E-state index in [-0.39, 0.29) is 23.3 Å². The summed E-state index contributed by atoms with van der Waals surface area (Å²) >= 11 is 0. The van der Waals surface area contributed by atoms with Gasteiger partial charge in [-0.1, -0.05) is 17.3 Å². The lowest BCUT2D eigenvalue weighted by Gasteiger charge is -2.33. The minimum Gasteiger partial charge on any atom is -0.356 e. The molecule has 0 spiro atoms. The van der Waals surface area contributed by atoms with Crippen LogP contribution in [-0.4, -0.2) is 43.6 Å². The molecule has 0 aliphatic carbocycles. The number of sulfonamides is 1. The Hall–Kier alpha value is -1.41. The zero-order valence-corrected chi connectivity index (χ0v) is 13.7. The molecule has 1 N–H and O–H groups in total. The predicted octanol–water partition coefficient (Wildman–Crippen LogP) is 1.75. The number of nitrogens with zero attached hydrogens (tertiary/aromatic N) is 2. The zero-order valence-electron chi connectivity index (χ0n) is 12.1. The summed E-state index contributed by atoms with van der Waals surface area (Å²) in [5, 5.41) is 6.85. The molecule has 0 amide bonds. The second kappa shape index (κ2) is 6.78. The lowest BCUT2D eigenvalue weighted by atomic mass is 10.2. The van der Waals surface area contributed by atoms with Crippen molar-refractivity contribution in [2.24, 2.45) is 0 Å². The predicted molar refractivity (Wildman–Crippen MR) is 85.4 cm³/mol. The standard InChI is InChI=1S/C14H17N3O3S.ClH/c1-11-10-15-8-9-17(11)21(18,19)14-5-3-2-4-12(14)13-6-7-16-20-13;/h2-7,11,15H,8-10H2,1H3;1H/t11-;/m1./s1. The van der Waals surface area contributed by atoms with E-state index < -0.39 is 10.0 Å². The van der Waals surface area contributed by atoms with Crippen LogP contribution >= 0.6 is 12.4 Å². The van der Waals surface area contributed by atoms with Crippen LogP contribution in [0.25, 0.3) is 11.3 Å². The van der Waals surface area contributed by atoms with Crippen LogP contribution in [0.4, 0.5) is 0 Å². The highest BCUT2D eigenvalue weighted by atomic mass is 35.5. The van der Waals surface area contributed by atoms with E-state index >= 15 is 0 Å². The first-order valence-electron chi connectivity index (χ1n) is 6.83. The van der Waals surface area contributed by atoms with E-state index in [0.717, 1.165) is 0 Å². The van der Waals surface area contributed by atoms with Crippen molar-refractivity contribution in [3.05, 3.63) is 36.5 Å². The van der Waals surface area contributed by atoms with Gasteiger partial charge in [0.1, 0.15) is 0 Å². The Morgan fingerprint density at radius 3 is 2.77 bits per heavy atom. The molecule has 0 radical (unpaired) electrons. The van der Waals surface area contributed by atoms with Crippen molar-refractivity contribution in [1.29, 1.82) is 0 Å². The average molecular weight is 344 g/mol. The minimum atomic E-state index is -3.56. The number of aromatic nitrogens is 1. The Morgan fingerprint density at radius 2 is 2.09 bits per heavy atom.